The lowest BCUT2D eigenvalue weighted by Crippen LogP contribution is -2.32. The summed E-state index contributed by atoms with van der Waals surface area (Å²) in [5.74, 6) is -0.768. The van der Waals surface area contributed by atoms with E-state index in [4.69, 9.17) is 10.8 Å². The van der Waals surface area contributed by atoms with Crippen molar-refractivity contribution in [1.29, 1.82) is 0 Å². The van der Waals surface area contributed by atoms with Crippen molar-refractivity contribution in [3.8, 4) is 0 Å². The number of likely N-dealkylation sites (N-methyl/N-ethyl adjacent to an activating group) is 1. The summed E-state index contributed by atoms with van der Waals surface area (Å²) >= 11 is 0. The van der Waals surface area contributed by atoms with Crippen LogP contribution in [0.4, 0.5) is 0 Å². The van der Waals surface area contributed by atoms with Crippen LogP contribution in [0.5, 0.6) is 0 Å². The summed E-state index contributed by atoms with van der Waals surface area (Å²) < 4.78 is 4.25. The van der Waals surface area contributed by atoms with E-state index in [1.54, 1.807) is 26.2 Å². The molecule has 0 bridgehead atoms. The average Bonchev–Trinajstić information content (AvgIpc) is 2.31. The fourth-order valence-electron chi connectivity index (χ4n) is 1.33. The molecule has 0 radical (unpaired) electrons. The van der Waals surface area contributed by atoms with Gasteiger partial charge in [0, 0.05) is 26.8 Å². The molecule has 13 heavy (non-hydrogen) atoms. The summed E-state index contributed by atoms with van der Waals surface area (Å²) in [4.78, 5) is 12.2. The number of carbonyl (C=O) groups is 1. The van der Waals surface area contributed by atoms with Crippen molar-refractivity contribution >= 4 is 5.97 Å². The minimum atomic E-state index is -0.768. The molecule has 2 unspecified atom stereocenters. The molecule has 1 aliphatic heterocycles. The number of aliphatic carboxylic acids is 1. The van der Waals surface area contributed by atoms with E-state index in [-0.39, 0.29) is 12.1 Å². The Morgan fingerprint density at radius 3 is 2.23 bits per heavy atom. The van der Waals surface area contributed by atoms with Crippen molar-refractivity contribution in [2.75, 3.05) is 27.8 Å². The highest BCUT2D eigenvalue weighted by Gasteiger charge is 2.31. The third kappa shape index (κ3) is 4.21. The van der Waals surface area contributed by atoms with Crippen LogP contribution in [-0.2, 0) is 9.53 Å². The predicted molar refractivity (Wildman–Crippen MR) is 49.6 cm³/mol. The molecule has 0 aromatic heterocycles. The summed E-state index contributed by atoms with van der Waals surface area (Å²) in [6, 6.07) is -0.332. The molecular weight excluding hydrogens is 172 g/mol. The maximum absolute atomic E-state index is 10.5. The Kier molecular flexibility index (Phi) is 5.61. The van der Waals surface area contributed by atoms with Gasteiger partial charge in [-0.25, -0.2) is 0 Å². The summed E-state index contributed by atoms with van der Waals surface area (Å²) in [6.07, 6.45) is 0.575. The fraction of sp³-hybridized carbons (Fsp3) is 0.875. The van der Waals surface area contributed by atoms with Gasteiger partial charge in [-0.05, 0) is 13.5 Å². The van der Waals surface area contributed by atoms with Crippen LogP contribution in [0.3, 0.4) is 0 Å². The maximum Gasteiger partial charge on any atom is 0.320 e. The lowest BCUT2D eigenvalue weighted by atomic mass is 10.2. The minimum Gasteiger partial charge on any atom is -0.480 e. The number of carboxylic acids is 1. The zero-order valence-corrected chi connectivity index (χ0v) is 8.36. The van der Waals surface area contributed by atoms with Crippen LogP contribution < -0.4 is 5.73 Å². The van der Waals surface area contributed by atoms with E-state index in [1.165, 1.54) is 0 Å². The van der Waals surface area contributed by atoms with Crippen LogP contribution in [0.15, 0.2) is 0 Å². The van der Waals surface area contributed by atoms with Crippen molar-refractivity contribution in [2.24, 2.45) is 5.73 Å². The second kappa shape index (κ2) is 5.90. The molecule has 0 saturated carbocycles. The van der Waals surface area contributed by atoms with Gasteiger partial charge in [0.05, 0.1) is 0 Å². The van der Waals surface area contributed by atoms with Gasteiger partial charge < -0.3 is 15.6 Å². The smallest absolute Gasteiger partial charge is 0.320 e. The number of ether oxygens (including phenoxy) is 1. The monoisotopic (exact) mass is 190 g/mol. The average molecular weight is 190 g/mol. The van der Waals surface area contributed by atoms with Gasteiger partial charge in [0.15, 0.2) is 0 Å². The molecule has 78 valence electrons. The van der Waals surface area contributed by atoms with Crippen molar-refractivity contribution in [2.45, 2.75) is 18.5 Å². The Bertz CT molecular complexity index is 163. The van der Waals surface area contributed by atoms with Crippen LogP contribution in [0.1, 0.15) is 6.42 Å². The Labute approximate surface area is 78.5 Å². The maximum atomic E-state index is 10.5. The second-order valence-corrected chi connectivity index (χ2v) is 3.20. The molecule has 3 N–H and O–H groups in total. The molecular formula is C8H18N2O3. The molecule has 0 spiro atoms. The highest BCUT2D eigenvalue weighted by Crippen LogP contribution is 2.13. The molecule has 1 rings (SSSR count). The van der Waals surface area contributed by atoms with Crippen molar-refractivity contribution < 1.29 is 14.6 Å². The van der Waals surface area contributed by atoms with Gasteiger partial charge in [-0.15, -0.1) is 0 Å². The van der Waals surface area contributed by atoms with Crippen LogP contribution in [0, 0.1) is 0 Å². The second-order valence-electron chi connectivity index (χ2n) is 3.20. The Balaban J connectivity index is 0.000000424. The van der Waals surface area contributed by atoms with Gasteiger partial charge in [0.25, 0.3) is 0 Å². The largest absolute Gasteiger partial charge is 0.480 e. The normalized spacial score (nSPS) is 28.0. The van der Waals surface area contributed by atoms with Gasteiger partial charge in [-0.1, -0.05) is 0 Å². The Hall–Kier alpha value is -0.650. The number of hydrogen-bond acceptors (Lipinski definition) is 4. The first-order valence-corrected chi connectivity index (χ1v) is 4.11. The summed E-state index contributed by atoms with van der Waals surface area (Å²) in [5, 5.41) is 8.60. The molecule has 0 aliphatic carbocycles. The molecule has 1 fully saturated rings. The van der Waals surface area contributed by atoms with E-state index in [9.17, 15) is 4.79 Å². The molecule has 0 aromatic carbocycles. The third-order valence-corrected chi connectivity index (χ3v) is 1.87. The van der Waals surface area contributed by atoms with Crippen molar-refractivity contribution in [3.05, 3.63) is 0 Å². The van der Waals surface area contributed by atoms with Crippen molar-refractivity contribution in [3.63, 3.8) is 0 Å². The van der Waals surface area contributed by atoms with Crippen LogP contribution in [0.2, 0.25) is 0 Å². The van der Waals surface area contributed by atoms with Gasteiger partial charge >= 0.3 is 5.97 Å². The lowest BCUT2D eigenvalue weighted by Gasteiger charge is -2.12. The Morgan fingerprint density at radius 1 is 1.62 bits per heavy atom. The third-order valence-electron chi connectivity index (χ3n) is 1.87. The molecule has 1 saturated heterocycles. The first kappa shape index (κ1) is 12.3. The van der Waals surface area contributed by atoms with Gasteiger partial charge in [0.1, 0.15) is 6.04 Å². The quantitative estimate of drug-likeness (QED) is 0.575. The number of nitrogens with two attached hydrogens (primary N) is 1. The zero-order valence-electron chi connectivity index (χ0n) is 8.36. The molecule has 5 heteroatoms. The lowest BCUT2D eigenvalue weighted by molar-refractivity contribution is -0.141. The fourth-order valence-corrected chi connectivity index (χ4v) is 1.33. The highest BCUT2D eigenvalue weighted by atomic mass is 16.4. The van der Waals surface area contributed by atoms with Crippen molar-refractivity contribution in [1.82, 2.24) is 4.90 Å². The number of carboxylic acid groups (broad SMARTS) is 1. The molecule has 0 aromatic rings. The van der Waals surface area contributed by atoms with E-state index in [0.29, 0.717) is 13.0 Å². The van der Waals surface area contributed by atoms with Crippen LogP contribution >= 0.6 is 0 Å². The first-order valence-electron chi connectivity index (χ1n) is 4.11. The number of nitrogens with zero attached hydrogens (tertiary/aromatic N) is 1. The van der Waals surface area contributed by atoms with E-state index in [2.05, 4.69) is 4.74 Å². The Morgan fingerprint density at radius 2 is 2.08 bits per heavy atom. The predicted octanol–water partition coefficient (Wildman–Crippen LogP) is -0.635. The summed E-state index contributed by atoms with van der Waals surface area (Å²) in [5.41, 5.74) is 5.55. The van der Waals surface area contributed by atoms with E-state index in [0.717, 1.165) is 0 Å². The first-order chi connectivity index (χ1) is 6.02. The summed E-state index contributed by atoms with van der Waals surface area (Å²) in [6.45, 7) is 0.691. The highest BCUT2D eigenvalue weighted by molar-refractivity contribution is 5.73. The SMILES string of the molecule is CN1CC(N)CC1C(=O)O.COC. The van der Waals surface area contributed by atoms with Crippen LogP contribution in [0.25, 0.3) is 0 Å². The van der Waals surface area contributed by atoms with Gasteiger partial charge in [-0.2, -0.15) is 0 Å². The molecule has 1 aliphatic rings. The molecule has 5 nitrogen and oxygen atoms in total. The van der Waals surface area contributed by atoms with E-state index >= 15 is 0 Å². The molecule has 1 heterocycles. The van der Waals surface area contributed by atoms with Crippen LogP contribution in [-0.4, -0.2) is 55.9 Å². The van der Waals surface area contributed by atoms with Gasteiger partial charge in [-0.3, -0.25) is 9.69 Å². The molecule has 2 atom stereocenters. The minimum absolute atomic E-state index is 0.0334. The summed E-state index contributed by atoms with van der Waals surface area (Å²) in [7, 11) is 5.03. The number of methoxy groups -OCH3 is 1. The van der Waals surface area contributed by atoms with E-state index in [1.807, 2.05) is 0 Å². The number of hydrogen-bond donors (Lipinski definition) is 2. The number of rotatable bonds is 1. The standard InChI is InChI=1S/C6H12N2O2.C2H6O/c1-8-3-4(7)2-5(8)6(9)10;1-3-2/h4-5H,2-3,7H2,1H3,(H,9,10);1-2H3. The van der Waals surface area contributed by atoms with E-state index < -0.39 is 5.97 Å². The number of likely N-dealkylation sites (tertiary alicyclic amines) is 1. The topological polar surface area (TPSA) is 75.8 Å². The zero-order chi connectivity index (χ0) is 10.4. The molecule has 0 amide bonds. The van der Waals surface area contributed by atoms with Gasteiger partial charge in [0.2, 0.25) is 0 Å².